The van der Waals surface area contributed by atoms with Crippen LogP contribution in [0, 0.1) is 0 Å². The highest BCUT2D eigenvalue weighted by atomic mass is 16.5. The maximum atomic E-state index is 6.38. The van der Waals surface area contributed by atoms with E-state index in [9.17, 15) is 0 Å². The van der Waals surface area contributed by atoms with Crippen molar-refractivity contribution in [1.82, 2.24) is 14.8 Å². The molecule has 5 heteroatoms. The molecule has 2 fully saturated rings. The van der Waals surface area contributed by atoms with Gasteiger partial charge in [0.1, 0.15) is 5.75 Å². The van der Waals surface area contributed by atoms with E-state index in [2.05, 4.69) is 46.1 Å². The highest BCUT2D eigenvalue weighted by Gasteiger charge is 2.43. The van der Waals surface area contributed by atoms with Gasteiger partial charge in [0, 0.05) is 44.6 Å². The Morgan fingerprint density at radius 1 is 1.11 bits per heavy atom. The van der Waals surface area contributed by atoms with Gasteiger partial charge in [0.2, 0.25) is 0 Å². The number of rotatable bonds is 6. The summed E-state index contributed by atoms with van der Waals surface area (Å²) in [5.41, 5.74) is 2.74. The Morgan fingerprint density at radius 3 is 2.50 bits per heavy atom. The molecule has 1 unspecified atom stereocenters. The Morgan fingerprint density at radius 2 is 1.82 bits per heavy atom. The van der Waals surface area contributed by atoms with Crippen molar-refractivity contribution in [3.05, 3.63) is 59.9 Å². The fraction of sp³-hybridized carbons (Fsp3) is 0.522. The van der Waals surface area contributed by atoms with Crippen molar-refractivity contribution in [2.24, 2.45) is 0 Å². The lowest BCUT2D eigenvalue weighted by Crippen LogP contribution is -2.44. The molecular weight excluding hydrogens is 350 g/mol. The fourth-order valence-electron chi connectivity index (χ4n) is 4.46. The van der Waals surface area contributed by atoms with Crippen LogP contribution >= 0.6 is 0 Å². The molecule has 2 aromatic rings. The molecule has 2 saturated heterocycles. The Labute approximate surface area is 168 Å². The predicted molar refractivity (Wildman–Crippen MR) is 110 cm³/mol. The van der Waals surface area contributed by atoms with E-state index in [0.29, 0.717) is 6.04 Å². The molecule has 0 bridgehead atoms. The molecule has 150 valence electrons. The van der Waals surface area contributed by atoms with Gasteiger partial charge >= 0.3 is 0 Å². The molecule has 28 heavy (non-hydrogen) atoms. The summed E-state index contributed by atoms with van der Waals surface area (Å²) in [7, 11) is 3.93. The number of nitrogens with zero attached hydrogens (tertiary/aromatic N) is 3. The fourth-order valence-corrected chi connectivity index (χ4v) is 4.46. The summed E-state index contributed by atoms with van der Waals surface area (Å²) in [5, 5.41) is 0. The highest BCUT2D eigenvalue weighted by Crippen LogP contribution is 2.38. The monoisotopic (exact) mass is 381 g/mol. The first-order valence-corrected chi connectivity index (χ1v) is 10.2. The molecular formula is C23H31N3O2. The first-order valence-electron chi connectivity index (χ1n) is 10.2. The zero-order valence-electron chi connectivity index (χ0n) is 17.0. The zero-order chi connectivity index (χ0) is 19.4. The number of ether oxygens (including phenoxy) is 2. The van der Waals surface area contributed by atoms with Gasteiger partial charge in [-0.3, -0.25) is 14.8 Å². The van der Waals surface area contributed by atoms with Gasteiger partial charge in [-0.1, -0.05) is 12.1 Å². The third kappa shape index (κ3) is 4.54. The first kappa shape index (κ1) is 19.4. The van der Waals surface area contributed by atoms with Crippen LogP contribution in [0.4, 0.5) is 0 Å². The summed E-state index contributed by atoms with van der Waals surface area (Å²) in [6.07, 6.45) is 7.14. The van der Waals surface area contributed by atoms with Crippen molar-refractivity contribution in [2.45, 2.75) is 44.0 Å². The number of methoxy groups -OCH3 is 1. The van der Waals surface area contributed by atoms with E-state index in [1.165, 1.54) is 11.1 Å². The minimum Gasteiger partial charge on any atom is -0.497 e. The molecule has 1 aromatic heterocycles. The molecule has 0 aliphatic carbocycles. The third-order valence-corrected chi connectivity index (χ3v) is 6.33. The van der Waals surface area contributed by atoms with Crippen LogP contribution in [0.3, 0.4) is 0 Å². The van der Waals surface area contributed by atoms with Gasteiger partial charge in [0.15, 0.2) is 0 Å². The quantitative estimate of drug-likeness (QED) is 0.767. The molecule has 3 heterocycles. The smallest absolute Gasteiger partial charge is 0.118 e. The van der Waals surface area contributed by atoms with E-state index >= 15 is 0 Å². The summed E-state index contributed by atoms with van der Waals surface area (Å²) in [5.74, 6) is 0.919. The van der Waals surface area contributed by atoms with E-state index < -0.39 is 0 Å². The number of benzene rings is 1. The summed E-state index contributed by atoms with van der Waals surface area (Å²) < 4.78 is 11.6. The maximum absolute atomic E-state index is 6.38. The van der Waals surface area contributed by atoms with E-state index in [1.807, 2.05) is 24.5 Å². The maximum Gasteiger partial charge on any atom is 0.118 e. The van der Waals surface area contributed by atoms with Crippen molar-refractivity contribution < 1.29 is 9.47 Å². The second-order valence-corrected chi connectivity index (χ2v) is 8.25. The average molecular weight is 382 g/mol. The predicted octanol–water partition coefficient (Wildman–Crippen LogP) is 3.35. The standard InChI is InChI=1S/C23H31N3O2/c1-25(16-20-7-11-24-12-8-20)21-15-23(28-18-21)9-13-26(14-10-23)17-19-3-5-22(27-2)6-4-19/h3-8,11-12,21H,9-10,13-18H2,1-2H3. The number of pyridine rings is 1. The lowest BCUT2D eigenvalue weighted by atomic mass is 9.87. The van der Waals surface area contributed by atoms with Gasteiger partial charge < -0.3 is 9.47 Å². The lowest BCUT2D eigenvalue weighted by Gasteiger charge is -2.39. The Bertz CT molecular complexity index is 742. The van der Waals surface area contributed by atoms with Crippen LogP contribution in [0.15, 0.2) is 48.8 Å². The summed E-state index contributed by atoms with van der Waals surface area (Å²) in [4.78, 5) is 9.09. The van der Waals surface area contributed by atoms with Crippen molar-refractivity contribution in [2.75, 3.05) is 33.9 Å². The van der Waals surface area contributed by atoms with Crippen LogP contribution < -0.4 is 4.74 Å². The van der Waals surface area contributed by atoms with Crippen LogP contribution in [0.2, 0.25) is 0 Å². The number of likely N-dealkylation sites (N-methyl/N-ethyl adjacent to an activating group) is 1. The van der Waals surface area contributed by atoms with Gasteiger partial charge in [-0.05, 0) is 61.7 Å². The number of hydrogen-bond acceptors (Lipinski definition) is 5. The molecule has 2 aliphatic heterocycles. The van der Waals surface area contributed by atoms with Crippen LogP contribution in [0.5, 0.6) is 5.75 Å². The van der Waals surface area contributed by atoms with E-state index in [-0.39, 0.29) is 5.60 Å². The number of likely N-dealkylation sites (tertiary alicyclic amines) is 1. The first-order chi connectivity index (χ1) is 13.7. The molecule has 5 nitrogen and oxygen atoms in total. The third-order valence-electron chi connectivity index (χ3n) is 6.33. The van der Waals surface area contributed by atoms with E-state index in [4.69, 9.17) is 9.47 Å². The summed E-state index contributed by atoms with van der Waals surface area (Å²) >= 11 is 0. The SMILES string of the molecule is COc1ccc(CN2CCC3(CC2)CC(N(C)Cc2ccncc2)CO3)cc1. The molecule has 0 saturated carbocycles. The number of hydrogen-bond donors (Lipinski definition) is 0. The Kier molecular flexibility index (Phi) is 5.95. The Hall–Kier alpha value is -1.95. The van der Waals surface area contributed by atoms with Gasteiger partial charge in [-0.2, -0.15) is 0 Å². The molecule has 0 radical (unpaired) electrons. The van der Waals surface area contributed by atoms with Crippen LogP contribution in [0.1, 0.15) is 30.4 Å². The summed E-state index contributed by atoms with van der Waals surface area (Å²) in [6, 6.07) is 13.1. The molecule has 4 rings (SSSR count). The van der Waals surface area contributed by atoms with E-state index in [1.54, 1.807) is 7.11 Å². The summed E-state index contributed by atoms with van der Waals surface area (Å²) in [6.45, 7) is 5.02. The second kappa shape index (κ2) is 8.60. The van der Waals surface area contributed by atoms with Gasteiger partial charge in [-0.25, -0.2) is 0 Å². The molecule has 1 aromatic carbocycles. The second-order valence-electron chi connectivity index (χ2n) is 8.25. The van der Waals surface area contributed by atoms with Gasteiger partial charge in [-0.15, -0.1) is 0 Å². The molecule has 1 spiro atoms. The van der Waals surface area contributed by atoms with Crippen molar-refractivity contribution in [1.29, 1.82) is 0 Å². The number of aromatic nitrogens is 1. The van der Waals surface area contributed by atoms with Crippen molar-refractivity contribution in [3.8, 4) is 5.75 Å². The normalized spacial score (nSPS) is 22.0. The minimum atomic E-state index is 0.0770. The van der Waals surface area contributed by atoms with Crippen LogP contribution in [-0.4, -0.2) is 60.3 Å². The largest absolute Gasteiger partial charge is 0.497 e. The average Bonchev–Trinajstić information content (AvgIpc) is 3.15. The Balaban J connectivity index is 1.27. The van der Waals surface area contributed by atoms with Crippen molar-refractivity contribution >= 4 is 0 Å². The van der Waals surface area contributed by atoms with E-state index in [0.717, 1.165) is 57.8 Å². The van der Waals surface area contributed by atoms with Crippen LogP contribution in [-0.2, 0) is 17.8 Å². The molecule has 1 atom stereocenters. The number of piperidine rings is 1. The molecule has 2 aliphatic rings. The lowest BCUT2D eigenvalue weighted by molar-refractivity contribution is -0.0452. The van der Waals surface area contributed by atoms with Crippen molar-refractivity contribution in [3.63, 3.8) is 0 Å². The highest BCUT2D eigenvalue weighted by molar-refractivity contribution is 5.27. The topological polar surface area (TPSA) is 37.8 Å². The van der Waals surface area contributed by atoms with Gasteiger partial charge in [0.25, 0.3) is 0 Å². The van der Waals surface area contributed by atoms with Crippen LogP contribution in [0.25, 0.3) is 0 Å². The molecule has 0 amide bonds. The zero-order valence-corrected chi connectivity index (χ0v) is 17.0. The molecule has 0 N–H and O–H groups in total. The van der Waals surface area contributed by atoms with Gasteiger partial charge in [0.05, 0.1) is 19.3 Å². The minimum absolute atomic E-state index is 0.0770.